The number of ether oxygens (including phenoxy) is 2. The van der Waals surface area contributed by atoms with Crippen LogP contribution in [0, 0.1) is 6.92 Å². The van der Waals surface area contributed by atoms with Crippen molar-refractivity contribution < 1.29 is 13.9 Å². The third-order valence-electron chi connectivity index (χ3n) is 3.70. The van der Waals surface area contributed by atoms with E-state index in [4.69, 9.17) is 15.2 Å². The third kappa shape index (κ3) is 2.01. The van der Waals surface area contributed by atoms with Gasteiger partial charge in [0.05, 0.1) is 0 Å². The van der Waals surface area contributed by atoms with Crippen LogP contribution in [0.2, 0.25) is 0 Å². The zero-order valence-corrected chi connectivity index (χ0v) is 11.8. The summed E-state index contributed by atoms with van der Waals surface area (Å²) in [5, 5.41) is 2.45. The van der Waals surface area contributed by atoms with Gasteiger partial charge in [0.1, 0.15) is 5.84 Å². The molecule has 0 saturated carbocycles. The van der Waals surface area contributed by atoms with Crippen molar-refractivity contribution >= 4 is 23.6 Å². The molecule has 7 nitrogen and oxygen atoms in total. The van der Waals surface area contributed by atoms with Gasteiger partial charge < -0.3 is 15.2 Å². The van der Waals surface area contributed by atoms with Gasteiger partial charge in [0, 0.05) is 6.42 Å². The Morgan fingerprint density at radius 1 is 1.41 bits per heavy atom. The molecule has 1 aromatic carbocycles. The zero-order chi connectivity index (χ0) is 15.3. The number of aryl methyl sites for hydroxylation is 1. The number of amidine groups is 4. The Kier molecular flexibility index (Phi) is 2.67. The number of hydrogen-bond donors (Lipinski definition) is 2. The summed E-state index contributed by atoms with van der Waals surface area (Å²) < 4.78 is 27.5. The highest BCUT2D eigenvalue weighted by atomic mass is 19.1. The van der Waals surface area contributed by atoms with Crippen LogP contribution in [-0.4, -0.2) is 36.4 Å². The predicted octanol–water partition coefficient (Wildman–Crippen LogP) is -0.201. The van der Waals surface area contributed by atoms with Crippen LogP contribution in [-0.2, 0) is 6.42 Å². The molecule has 1 aromatic rings. The van der Waals surface area contributed by atoms with Crippen LogP contribution in [0.15, 0.2) is 22.1 Å². The zero-order valence-electron chi connectivity index (χ0n) is 11.8. The van der Waals surface area contributed by atoms with Crippen molar-refractivity contribution in [2.75, 3.05) is 6.79 Å². The van der Waals surface area contributed by atoms with Crippen LogP contribution in [0.25, 0.3) is 0 Å². The number of fused-ring (bicyclic) bond motifs is 2. The number of aliphatic imine (C=N–C) groups is 2. The standard InChI is InChI=1S/C14H12FN5O2/c1-6-2-8-9(22-5-21-8)3-7(6)4-10-17-11-12(16)19-14(15)20-13(11)18-10/h2-3,11H,4-5H2,1H3,(H2,16,17,18,19,20)/p+1. The van der Waals surface area contributed by atoms with Gasteiger partial charge in [-0.15, -0.1) is 4.39 Å². The van der Waals surface area contributed by atoms with E-state index in [1.54, 1.807) is 0 Å². The van der Waals surface area contributed by atoms with E-state index in [0.717, 1.165) is 16.9 Å². The number of nitrogens with one attached hydrogen (secondary N) is 1. The molecular weight excluding hydrogens is 289 g/mol. The molecule has 3 heterocycles. The van der Waals surface area contributed by atoms with Crippen LogP contribution < -0.4 is 25.2 Å². The number of nitrogens with two attached hydrogens (primary N) is 1. The highest BCUT2D eigenvalue weighted by Gasteiger charge is 2.36. The first-order valence-electron chi connectivity index (χ1n) is 6.78. The fourth-order valence-electron chi connectivity index (χ4n) is 2.58. The quantitative estimate of drug-likeness (QED) is 0.584. The van der Waals surface area contributed by atoms with Gasteiger partial charge in [-0.3, -0.25) is 0 Å². The molecule has 0 aromatic heterocycles. The average Bonchev–Trinajstić information content (AvgIpc) is 3.05. The Balaban J connectivity index is 1.62. The maximum Gasteiger partial charge on any atom is 0.479 e. The lowest BCUT2D eigenvalue weighted by Crippen LogP contribution is -2.48. The number of rotatable bonds is 2. The monoisotopic (exact) mass is 302 g/mol. The lowest BCUT2D eigenvalue weighted by Gasteiger charge is -2.06. The fourth-order valence-corrected chi connectivity index (χ4v) is 2.58. The average molecular weight is 302 g/mol. The first kappa shape index (κ1) is 12.8. The summed E-state index contributed by atoms with van der Waals surface area (Å²) in [5.41, 5.74) is 7.76. The van der Waals surface area contributed by atoms with E-state index >= 15 is 0 Å². The Bertz CT molecular complexity index is 808. The summed E-state index contributed by atoms with van der Waals surface area (Å²) in [6.45, 7) is 2.21. The van der Waals surface area contributed by atoms with Crippen LogP contribution in [0.1, 0.15) is 11.1 Å². The molecule has 4 rings (SSSR count). The van der Waals surface area contributed by atoms with Crippen LogP contribution >= 0.6 is 0 Å². The number of benzene rings is 1. The molecule has 22 heavy (non-hydrogen) atoms. The maximum absolute atomic E-state index is 13.2. The first-order chi connectivity index (χ1) is 10.6. The van der Waals surface area contributed by atoms with E-state index in [2.05, 4.69) is 20.0 Å². The summed E-state index contributed by atoms with van der Waals surface area (Å²) in [7, 11) is 0. The molecule has 1 unspecified atom stereocenters. The first-order valence-corrected chi connectivity index (χ1v) is 6.78. The molecule has 0 bridgehead atoms. The molecule has 3 N–H and O–H groups in total. The Morgan fingerprint density at radius 3 is 3.00 bits per heavy atom. The van der Waals surface area contributed by atoms with Crippen molar-refractivity contribution in [1.82, 2.24) is 9.98 Å². The Labute approximate surface area is 125 Å². The second-order valence-corrected chi connectivity index (χ2v) is 5.21. The molecule has 0 amide bonds. The number of hydrogen-bond acceptors (Lipinski definition) is 6. The van der Waals surface area contributed by atoms with Gasteiger partial charge >= 0.3 is 11.9 Å². The molecule has 0 fully saturated rings. The van der Waals surface area contributed by atoms with Gasteiger partial charge in [-0.05, 0) is 30.2 Å². The van der Waals surface area contributed by atoms with E-state index in [1.165, 1.54) is 0 Å². The number of nitrogens with zero attached hydrogens (tertiary/aromatic N) is 3. The molecule has 0 aliphatic carbocycles. The summed E-state index contributed by atoms with van der Waals surface area (Å²) >= 11 is 0. The minimum Gasteiger partial charge on any atom is -0.454 e. The molecule has 0 spiro atoms. The third-order valence-corrected chi connectivity index (χ3v) is 3.70. The van der Waals surface area contributed by atoms with Crippen molar-refractivity contribution in [1.29, 1.82) is 0 Å². The molecule has 3 aliphatic heterocycles. The lowest BCUT2D eigenvalue weighted by molar-refractivity contribution is 0.174. The Hall–Kier alpha value is -2.86. The normalized spacial score (nSPS) is 21.5. The largest absolute Gasteiger partial charge is 0.479 e. The van der Waals surface area contributed by atoms with Gasteiger partial charge in [0.15, 0.2) is 11.5 Å². The maximum atomic E-state index is 13.2. The van der Waals surface area contributed by atoms with Crippen LogP contribution in [0.5, 0.6) is 11.5 Å². The van der Waals surface area contributed by atoms with Crippen molar-refractivity contribution in [3.63, 3.8) is 0 Å². The second kappa shape index (κ2) is 4.57. The van der Waals surface area contributed by atoms with Gasteiger partial charge in [0.25, 0.3) is 0 Å². The van der Waals surface area contributed by atoms with Gasteiger partial charge in [-0.2, -0.15) is 0 Å². The van der Waals surface area contributed by atoms with E-state index in [0.29, 0.717) is 23.8 Å². The minimum absolute atomic E-state index is 0.104. The van der Waals surface area contributed by atoms with Gasteiger partial charge in [-0.25, -0.2) is 20.0 Å². The van der Waals surface area contributed by atoms with Gasteiger partial charge in [-0.1, -0.05) is 0 Å². The Morgan fingerprint density at radius 2 is 2.18 bits per heavy atom. The second-order valence-electron chi connectivity index (χ2n) is 5.21. The van der Waals surface area contributed by atoms with E-state index in [9.17, 15) is 4.39 Å². The molecule has 0 saturated heterocycles. The summed E-state index contributed by atoms with van der Waals surface area (Å²) in [6.07, 6.45) is -0.262. The van der Waals surface area contributed by atoms with Gasteiger partial charge in [0.2, 0.25) is 18.7 Å². The molecular formula is C14H13FN5O2+. The van der Waals surface area contributed by atoms with E-state index in [1.807, 2.05) is 19.1 Å². The van der Waals surface area contributed by atoms with Crippen molar-refractivity contribution in [3.8, 4) is 11.5 Å². The molecule has 3 aliphatic rings. The van der Waals surface area contributed by atoms with Crippen molar-refractivity contribution in [2.24, 2.45) is 15.7 Å². The van der Waals surface area contributed by atoms with Crippen molar-refractivity contribution in [3.05, 3.63) is 23.3 Å². The van der Waals surface area contributed by atoms with Crippen LogP contribution in [0.4, 0.5) is 4.39 Å². The summed E-state index contributed by atoms with van der Waals surface area (Å²) in [4.78, 5) is 8.70. The summed E-state index contributed by atoms with van der Waals surface area (Å²) in [6, 6.07) is 3.32. The highest BCUT2D eigenvalue weighted by Crippen LogP contribution is 2.35. The summed E-state index contributed by atoms with van der Waals surface area (Å²) in [5.74, 6) is 2.50. The van der Waals surface area contributed by atoms with Crippen LogP contribution in [0.3, 0.4) is 0 Å². The predicted molar refractivity (Wildman–Crippen MR) is 80.2 cm³/mol. The highest BCUT2D eigenvalue weighted by molar-refractivity contribution is 6.22. The van der Waals surface area contributed by atoms with Crippen molar-refractivity contribution in [2.45, 2.75) is 19.4 Å². The topological polar surface area (TPSA) is 95.3 Å². The molecule has 112 valence electrons. The molecule has 1 atom stereocenters. The van der Waals surface area contributed by atoms with E-state index < -0.39 is 12.1 Å². The number of halogens is 1. The minimum atomic E-state index is -0.761. The lowest BCUT2D eigenvalue weighted by atomic mass is 10.0. The van der Waals surface area contributed by atoms with E-state index in [-0.39, 0.29) is 12.6 Å². The smallest absolute Gasteiger partial charge is 0.454 e. The molecule has 0 radical (unpaired) electrons. The molecule has 8 heteroatoms. The SMILES string of the molecule is Cc1cc2c(cc1CC1=NC3C(=N1)NC(F)=[N+]=C3N)OCO2. The fraction of sp³-hybridized carbons (Fsp3) is 0.286.